The molecule has 0 spiro atoms. The molecule has 2 saturated carbocycles. The van der Waals surface area contributed by atoms with Crippen LogP contribution < -0.4 is 4.74 Å². The summed E-state index contributed by atoms with van der Waals surface area (Å²) in [5, 5.41) is 10.2. The third-order valence-corrected chi connectivity index (χ3v) is 4.01. The molecule has 1 N–H and O–H groups in total. The zero-order chi connectivity index (χ0) is 11.2. The molecule has 0 heterocycles. The van der Waals surface area contributed by atoms with Crippen molar-refractivity contribution >= 4 is 15.9 Å². The smallest absolute Gasteiger partial charge is 0.125 e. The van der Waals surface area contributed by atoms with Gasteiger partial charge >= 0.3 is 0 Å². The van der Waals surface area contributed by atoms with E-state index in [1.54, 1.807) is 0 Å². The zero-order valence-electron chi connectivity index (χ0n) is 9.08. The molecule has 16 heavy (non-hydrogen) atoms. The van der Waals surface area contributed by atoms with Gasteiger partial charge in [0.25, 0.3) is 0 Å². The van der Waals surface area contributed by atoms with Crippen LogP contribution in [0.1, 0.15) is 37.7 Å². The quantitative estimate of drug-likeness (QED) is 0.921. The topological polar surface area (TPSA) is 29.5 Å². The maximum absolute atomic E-state index is 10.2. The second-order valence-corrected chi connectivity index (χ2v) is 5.76. The lowest BCUT2D eigenvalue weighted by molar-refractivity contribution is 0.105. The molecule has 0 saturated heterocycles. The van der Waals surface area contributed by atoms with Crippen LogP contribution in [0.2, 0.25) is 0 Å². The second-order valence-electron chi connectivity index (χ2n) is 4.84. The second kappa shape index (κ2) is 3.74. The van der Waals surface area contributed by atoms with Crippen molar-refractivity contribution in [2.24, 2.45) is 0 Å². The summed E-state index contributed by atoms with van der Waals surface area (Å²) >= 11 is 3.45. The van der Waals surface area contributed by atoms with E-state index in [0.29, 0.717) is 6.10 Å². The van der Waals surface area contributed by atoms with Crippen molar-refractivity contribution in [1.29, 1.82) is 0 Å². The average molecular weight is 283 g/mol. The summed E-state index contributed by atoms with van der Waals surface area (Å²) in [5.74, 6) is 0.868. The zero-order valence-corrected chi connectivity index (χ0v) is 10.7. The largest absolute Gasteiger partial charge is 0.490 e. The molecule has 86 valence electrons. The monoisotopic (exact) mass is 282 g/mol. The van der Waals surface area contributed by atoms with E-state index in [9.17, 15) is 5.11 Å². The van der Waals surface area contributed by atoms with E-state index < -0.39 is 5.60 Å². The lowest BCUT2D eigenvalue weighted by Crippen LogP contribution is -2.25. The molecule has 1 aromatic rings. The summed E-state index contributed by atoms with van der Waals surface area (Å²) in [5.41, 5.74) is 0.330. The lowest BCUT2D eigenvalue weighted by atomic mass is 9.96. The van der Waals surface area contributed by atoms with Crippen LogP contribution >= 0.6 is 15.9 Å². The van der Waals surface area contributed by atoms with E-state index in [-0.39, 0.29) is 0 Å². The van der Waals surface area contributed by atoms with Crippen LogP contribution in [0.25, 0.3) is 0 Å². The lowest BCUT2D eigenvalue weighted by Gasteiger charge is -2.28. The summed E-state index contributed by atoms with van der Waals surface area (Å²) < 4.78 is 6.93. The Hall–Kier alpha value is -0.540. The minimum Gasteiger partial charge on any atom is -0.490 e. The summed E-state index contributed by atoms with van der Waals surface area (Å²) in [6, 6.07) is 5.93. The van der Waals surface area contributed by atoms with Gasteiger partial charge in [-0.15, -0.1) is 0 Å². The van der Waals surface area contributed by atoms with Crippen LogP contribution in [0.5, 0.6) is 5.75 Å². The molecular weight excluding hydrogens is 268 g/mol. The fourth-order valence-electron chi connectivity index (χ4n) is 2.02. The normalized spacial score (nSPS) is 22.6. The Kier molecular flexibility index (Phi) is 2.48. The summed E-state index contributed by atoms with van der Waals surface area (Å²) in [6.45, 7) is 0. The highest BCUT2D eigenvalue weighted by Gasteiger charge is 2.44. The Morgan fingerprint density at radius 1 is 1.31 bits per heavy atom. The number of hydrogen-bond acceptors (Lipinski definition) is 2. The van der Waals surface area contributed by atoms with Crippen LogP contribution in [-0.2, 0) is 5.60 Å². The predicted molar refractivity (Wildman–Crippen MR) is 65.5 cm³/mol. The molecule has 2 aliphatic rings. The van der Waals surface area contributed by atoms with Crippen LogP contribution in [-0.4, -0.2) is 11.2 Å². The summed E-state index contributed by atoms with van der Waals surface area (Å²) in [4.78, 5) is 0. The first-order valence-electron chi connectivity index (χ1n) is 5.86. The van der Waals surface area contributed by atoms with Crippen LogP contribution in [0.15, 0.2) is 22.7 Å². The molecule has 2 fully saturated rings. The first kappa shape index (κ1) is 10.6. The molecule has 0 aromatic heterocycles. The molecule has 0 unspecified atom stereocenters. The highest BCUT2D eigenvalue weighted by Crippen LogP contribution is 2.49. The van der Waals surface area contributed by atoms with E-state index >= 15 is 0 Å². The summed E-state index contributed by atoms with van der Waals surface area (Å²) in [6.07, 6.45) is 5.62. The van der Waals surface area contributed by atoms with Gasteiger partial charge < -0.3 is 9.84 Å². The number of benzene rings is 1. The molecule has 0 aliphatic heterocycles. The van der Waals surface area contributed by atoms with Gasteiger partial charge in [0.1, 0.15) is 5.75 Å². The molecule has 3 heteroatoms. The van der Waals surface area contributed by atoms with Crippen LogP contribution in [0, 0.1) is 0 Å². The van der Waals surface area contributed by atoms with Crippen LogP contribution in [0.3, 0.4) is 0 Å². The molecule has 0 bridgehead atoms. The van der Waals surface area contributed by atoms with Crippen molar-refractivity contribution in [3.8, 4) is 5.75 Å². The van der Waals surface area contributed by atoms with Crippen molar-refractivity contribution < 1.29 is 9.84 Å². The van der Waals surface area contributed by atoms with E-state index in [2.05, 4.69) is 15.9 Å². The number of ether oxygens (including phenoxy) is 1. The molecule has 2 nitrogen and oxygen atoms in total. The van der Waals surface area contributed by atoms with E-state index in [1.165, 1.54) is 6.42 Å². The van der Waals surface area contributed by atoms with Crippen molar-refractivity contribution in [3.05, 3.63) is 28.2 Å². The Morgan fingerprint density at radius 3 is 2.62 bits per heavy atom. The van der Waals surface area contributed by atoms with Crippen molar-refractivity contribution in [2.45, 2.75) is 43.8 Å². The standard InChI is InChI=1S/C13H15BrO2/c14-9-4-5-12(16-10-2-1-3-10)11(8-9)13(15)6-7-13/h4-5,8,10,15H,1-3,6-7H2. The fraction of sp³-hybridized carbons (Fsp3) is 0.538. The minimum atomic E-state index is -0.622. The first-order valence-corrected chi connectivity index (χ1v) is 6.66. The fourth-order valence-corrected chi connectivity index (χ4v) is 2.39. The molecule has 0 amide bonds. The maximum Gasteiger partial charge on any atom is 0.125 e. The van der Waals surface area contributed by atoms with Gasteiger partial charge in [0.2, 0.25) is 0 Å². The van der Waals surface area contributed by atoms with Gasteiger partial charge in [-0.3, -0.25) is 0 Å². The van der Waals surface area contributed by atoms with Gasteiger partial charge in [-0.25, -0.2) is 0 Å². The van der Waals surface area contributed by atoms with Gasteiger partial charge in [-0.05, 0) is 50.3 Å². The van der Waals surface area contributed by atoms with E-state index in [4.69, 9.17) is 4.74 Å². The molecule has 3 rings (SSSR count). The third-order valence-electron chi connectivity index (χ3n) is 3.51. The Labute approximate surface area is 104 Å². The average Bonchev–Trinajstić information content (AvgIpc) is 2.93. The SMILES string of the molecule is OC1(c2cc(Br)ccc2OC2CCC2)CC1. The molecule has 1 aromatic carbocycles. The molecule has 0 atom stereocenters. The minimum absolute atomic E-state index is 0.363. The molecule has 0 radical (unpaired) electrons. The van der Waals surface area contributed by atoms with Crippen molar-refractivity contribution in [3.63, 3.8) is 0 Å². The van der Waals surface area contributed by atoms with Gasteiger partial charge in [0.05, 0.1) is 11.7 Å². The summed E-state index contributed by atoms with van der Waals surface area (Å²) in [7, 11) is 0. The van der Waals surface area contributed by atoms with Gasteiger partial charge in [-0.2, -0.15) is 0 Å². The van der Waals surface area contributed by atoms with Gasteiger partial charge in [0.15, 0.2) is 0 Å². The first-order chi connectivity index (χ1) is 7.67. The highest BCUT2D eigenvalue weighted by molar-refractivity contribution is 9.10. The Balaban J connectivity index is 1.89. The number of aliphatic hydroxyl groups is 1. The van der Waals surface area contributed by atoms with Gasteiger partial charge in [-0.1, -0.05) is 15.9 Å². The van der Waals surface area contributed by atoms with E-state index in [1.807, 2.05) is 18.2 Å². The van der Waals surface area contributed by atoms with Gasteiger partial charge in [0, 0.05) is 10.0 Å². The van der Waals surface area contributed by atoms with Crippen LogP contribution in [0.4, 0.5) is 0 Å². The van der Waals surface area contributed by atoms with Crippen molar-refractivity contribution in [1.82, 2.24) is 0 Å². The number of rotatable bonds is 3. The van der Waals surface area contributed by atoms with E-state index in [0.717, 1.165) is 41.5 Å². The predicted octanol–water partition coefficient (Wildman–Crippen LogP) is 3.36. The maximum atomic E-state index is 10.2. The highest BCUT2D eigenvalue weighted by atomic mass is 79.9. The third kappa shape index (κ3) is 1.87. The number of halogens is 1. The van der Waals surface area contributed by atoms with Crippen molar-refractivity contribution in [2.75, 3.05) is 0 Å². The Bertz CT molecular complexity index is 408. The molecule has 2 aliphatic carbocycles. The Morgan fingerprint density at radius 2 is 2.06 bits per heavy atom. The molecular formula is C13H15BrO2. The number of hydrogen-bond donors (Lipinski definition) is 1.